The van der Waals surface area contributed by atoms with Crippen molar-refractivity contribution < 1.29 is 46.3 Å². The zero-order valence-electron chi connectivity index (χ0n) is 22.2. The molecule has 41 heavy (non-hydrogen) atoms. The maximum absolute atomic E-state index is 13.1. The van der Waals surface area contributed by atoms with Crippen molar-refractivity contribution >= 4 is 25.2 Å². The molecule has 2 heterocycles. The second-order valence-corrected chi connectivity index (χ2v) is 10.6. The number of phosphoric acid groups is 1. The minimum absolute atomic E-state index is 0.0107. The topological polar surface area (TPSA) is 130 Å². The van der Waals surface area contributed by atoms with Crippen molar-refractivity contribution in [2.45, 2.75) is 26.1 Å². The maximum atomic E-state index is 13.1. The van der Waals surface area contributed by atoms with Crippen molar-refractivity contribution in [2.24, 2.45) is 0 Å². The van der Waals surface area contributed by atoms with Crippen molar-refractivity contribution in [1.82, 2.24) is 4.98 Å². The van der Waals surface area contributed by atoms with Gasteiger partial charge in [-0.15, -0.1) is 0 Å². The number of carbonyl (C=O) groups is 1. The van der Waals surface area contributed by atoms with Gasteiger partial charge in [-0.25, -0.2) is 4.57 Å². The van der Waals surface area contributed by atoms with Gasteiger partial charge in [0.05, 0.1) is 31.4 Å². The Hall–Kier alpha value is -3.48. The lowest BCUT2D eigenvalue weighted by Crippen LogP contribution is -2.44. The van der Waals surface area contributed by atoms with E-state index >= 15 is 0 Å². The van der Waals surface area contributed by atoms with E-state index in [1.165, 1.54) is 12.1 Å². The van der Waals surface area contributed by atoms with Gasteiger partial charge in [0.2, 0.25) is 5.88 Å². The Bertz CT molecular complexity index is 1450. The number of halogens is 3. The van der Waals surface area contributed by atoms with E-state index in [0.717, 1.165) is 17.7 Å². The molecule has 1 saturated heterocycles. The number of carbonyl (C=O) groups excluding carboxylic acids is 1. The largest absolute Gasteiger partial charge is 0.475 e. The van der Waals surface area contributed by atoms with Crippen molar-refractivity contribution in [1.29, 1.82) is 0 Å². The monoisotopic (exact) mass is 595 g/mol. The van der Waals surface area contributed by atoms with E-state index < -0.39 is 25.5 Å². The van der Waals surface area contributed by atoms with Crippen LogP contribution in [0.1, 0.15) is 28.4 Å². The Morgan fingerprint density at radius 3 is 2.66 bits per heavy atom. The number of aromatic nitrogens is 1. The molecule has 1 amide bonds. The summed E-state index contributed by atoms with van der Waals surface area (Å²) >= 11 is 0. The van der Waals surface area contributed by atoms with Gasteiger partial charge < -0.3 is 29.5 Å². The number of nitrogens with one attached hydrogen (secondary N) is 1. The minimum atomic E-state index is -4.65. The van der Waals surface area contributed by atoms with Crippen LogP contribution in [0.4, 0.5) is 24.7 Å². The van der Waals surface area contributed by atoms with Crippen LogP contribution in [0.3, 0.4) is 0 Å². The lowest BCUT2D eigenvalue weighted by atomic mass is 10.00. The van der Waals surface area contributed by atoms with Gasteiger partial charge in [-0.1, -0.05) is 12.1 Å². The summed E-state index contributed by atoms with van der Waals surface area (Å²) in [5.74, 6) is 0.0721. The molecular weight excluding hydrogens is 566 g/mol. The first-order chi connectivity index (χ1) is 19.3. The number of morpholine rings is 1. The highest BCUT2D eigenvalue weighted by Crippen LogP contribution is 2.36. The highest BCUT2D eigenvalue weighted by molar-refractivity contribution is 7.46. The van der Waals surface area contributed by atoms with Crippen LogP contribution in [-0.2, 0) is 20.0 Å². The zero-order valence-corrected chi connectivity index (χ0v) is 23.1. The van der Waals surface area contributed by atoms with E-state index in [-0.39, 0.29) is 30.7 Å². The van der Waals surface area contributed by atoms with Gasteiger partial charge in [0.25, 0.3) is 5.91 Å². The Kier molecular flexibility index (Phi) is 9.35. The van der Waals surface area contributed by atoms with E-state index in [2.05, 4.69) is 14.8 Å². The maximum Gasteiger partial charge on any atom is 0.469 e. The molecule has 0 spiro atoms. The first-order valence-electron chi connectivity index (χ1n) is 12.6. The highest BCUT2D eigenvalue weighted by atomic mass is 31.2. The van der Waals surface area contributed by atoms with Crippen LogP contribution in [-0.4, -0.2) is 59.7 Å². The number of phosphoric ester groups is 1. The molecule has 1 unspecified atom stereocenters. The fourth-order valence-corrected chi connectivity index (χ4v) is 4.60. The van der Waals surface area contributed by atoms with Crippen LogP contribution in [0.5, 0.6) is 5.88 Å². The van der Waals surface area contributed by atoms with E-state index in [4.69, 9.17) is 19.3 Å². The fraction of sp³-hybridized carbons (Fsp3) is 0.333. The van der Waals surface area contributed by atoms with Gasteiger partial charge in [-0.2, -0.15) is 18.2 Å². The number of hydrogen-bond donors (Lipinski definition) is 3. The summed E-state index contributed by atoms with van der Waals surface area (Å²) in [6.45, 7) is 4.87. The third kappa shape index (κ3) is 8.27. The van der Waals surface area contributed by atoms with Gasteiger partial charge in [-0.05, 0) is 66.9 Å². The number of rotatable bonds is 9. The zero-order chi connectivity index (χ0) is 29.8. The predicted octanol–water partition coefficient (Wildman–Crippen LogP) is 5.04. The highest BCUT2D eigenvalue weighted by Gasteiger charge is 2.31. The summed E-state index contributed by atoms with van der Waals surface area (Å²) in [7, 11) is -4.65. The molecule has 1 fully saturated rings. The van der Waals surface area contributed by atoms with Crippen LogP contribution < -0.4 is 15.0 Å². The van der Waals surface area contributed by atoms with Gasteiger partial charge in [0.15, 0.2) is 0 Å². The average Bonchev–Trinajstić information content (AvgIpc) is 2.91. The molecule has 3 N–H and O–H groups in total. The first-order valence-corrected chi connectivity index (χ1v) is 14.1. The van der Waals surface area contributed by atoms with E-state index in [9.17, 15) is 22.5 Å². The molecule has 0 radical (unpaired) electrons. The molecular formula is C27H29F3N3O7P. The van der Waals surface area contributed by atoms with Crippen LogP contribution in [0.15, 0.2) is 54.6 Å². The lowest BCUT2D eigenvalue weighted by Gasteiger charge is -2.34. The average molecular weight is 596 g/mol. The molecule has 0 saturated carbocycles. The summed E-state index contributed by atoms with van der Waals surface area (Å²) in [6, 6.07) is 12.8. The van der Waals surface area contributed by atoms with Crippen molar-refractivity contribution in [2.75, 3.05) is 43.2 Å². The first kappa shape index (κ1) is 30.5. The molecule has 3 aromatic rings. The van der Waals surface area contributed by atoms with Crippen LogP contribution >= 0.6 is 7.82 Å². The molecule has 10 nitrogen and oxygen atoms in total. The number of ether oxygens (including phenoxy) is 2. The third-order valence-electron chi connectivity index (χ3n) is 6.30. The fourth-order valence-electron chi connectivity index (χ4n) is 4.29. The lowest BCUT2D eigenvalue weighted by molar-refractivity contribution is -0.137. The molecule has 0 bridgehead atoms. The Labute approximate surface area is 234 Å². The third-order valence-corrected chi connectivity index (χ3v) is 6.82. The van der Waals surface area contributed by atoms with E-state index in [0.29, 0.717) is 42.4 Å². The standard InChI is InChI=1S/C27H29F3N3O7P/c1-17-6-7-22(31-26(34)19-4-3-5-21(12-19)27(28,29)30)15-23(17)20-13-24(33-8-9-38-16-18(33)2)32-25(14-20)39-10-11-40-41(35,36)37/h3-7,12-15,18H,8-11,16H2,1-2H3,(H,31,34)(H2,35,36,37). The summed E-state index contributed by atoms with van der Waals surface area (Å²) in [5.41, 5.74) is 1.52. The van der Waals surface area contributed by atoms with Crippen LogP contribution in [0.25, 0.3) is 11.1 Å². The molecule has 2 aromatic carbocycles. The van der Waals surface area contributed by atoms with Crippen LogP contribution in [0.2, 0.25) is 0 Å². The number of pyridine rings is 1. The number of hydrogen-bond acceptors (Lipinski definition) is 7. The molecule has 1 aliphatic heterocycles. The molecule has 1 atom stereocenters. The van der Waals surface area contributed by atoms with Crippen molar-refractivity contribution in [3.05, 3.63) is 71.3 Å². The van der Waals surface area contributed by atoms with Gasteiger partial charge in [0, 0.05) is 23.9 Å². The van der Waals surface area contributed by atoms with E-state index in [1.807, 2.05) is 24.8 Å². The molecule has 4 rings (SSSR count). The second-order valence-electron chi connectivity index (χ2n) is 9.40. The Balaban J connectivity index is 1.63. The molecule has 14 heteroatoms. The number of alkyl halides is 3. The number of nitrogens with zero attached hydrogens (tertiary/aromatic N) is 2. The van der Waals surface area contributed by atoms with Gasteiger partial charge in [-0.3, -0.25) is 9.32 Å². The number of amides is 1. The van der Waals surface area contributed by atoms with Gasteiger partial charge >= 0.3 is 14.0 Å². The molecule has 1 aliphatic rings. The molecule has 1 aromatic heterocycles. The SMILES string of the molecule is Cc1ccc(NC(=O)c2cccc(C(F)(F)F)c2)cc1-c1cc(OCCOP(=O)(O)O)nc(N2CCOCC2C)c1. The summed E-state index contributed by atoms with van der Waals surface area (Å²) in [4.78, 5) is 37.2. The minimum Gasteiger partial charge on any atom is -0.475 e. The number of benzene rings is 2. The Morgan fingerprint density at radius 1 is 1.17 bits per heavy atom. The van der Waals surface area contributed by atoms with Crippen molar-refractivity contribution in [3.63, 3.8) is 0 Å². The second kappa shape index (κ2) is 12.6. The smallest absolute Gasteiger partial charge is 0.469 e. The Morgan fingerprint density at radius 2 is 1.95 bits per heavy atom. The van der Waals surface area contributed by atoms with E-state index in [1.54, 1.807) is 24.3 Å². The number of anilines is 2. The van der Waals surface area contributed by atoms with Crippen LogP contribution in [0, 0.1) is 6.92 Å². The quantitative estimate of drug-likeness (QED) is 0.230. The normalized spacial score (nSPS) is 16.0. The molecule has 220 valence electrons. The van der Waals surface area contributed by atoms with Gasteiger partial charge in [0.1, 0.15) is 12.4 Å². The summed E-state index contributed by atoms with van der Waals surface area (Å²) in [6.07, 6.45) is -4.58. The summed E-state index contributed by atoms with van der Waals surface area (Å²) < 4.78 is 66.0. The number of aryl methyl sites for hydroxylation is 1. The van der Waals surface area contributed by atoms with Crippen molar-refractivity contribution in [3.8, 4) is 17.0 Å². The molecule has 0 aliphatic carbocycles. The summed E-state index contributed by atoms with van der Waals surface area (Å²) in [5, 5.41) is 2.66. The predicted molar refractivity (Wildman–Crippen MR) is 145 cm³/mol.